The molecule has 0 spiro atoms. The molecule has 1 N–H and O–H groups in total. The zero-order valence-corrected chi connectivity index (χ0v) is 17.8. The van der Waals surface area contributed by atoms with Crippen LogP contribution in [0.3, 0.4) is 0 Å². The number of piperidine rings is 1. The van der Waals surface area contributed by atoms with E-state index in [1.165, 1.54) is 16.1 Å². The summed E-state index contributed by atoms with van der Waals surface area (Å²) in [5, 5.41) is 3.52. The van der Waals surface area contributed by atoms with Gasteiger partial charge in [0.05, 0.1) is 6.26 Å². The van der Waals surface area contributed by atoms with Crippen molar-refractivity contribution in [3.63, 3.8) is 0 Å². The molecule has 28 heavy (non-hydrogen) atoms. The van der Waals surface area contributed by atoms with E-state index in [1.54, 1.807) is 12.1 Å². The molecule has 7 nitrogen and oxygen atoms in total. The second-order valence-electron chi connectivity index (χ2n) is 6.93. The number of amides is 1. The average molecular weight is 421 g/mol. The van der Waals surface area contributed by atoms with Crippen molar-refractivity contribution in [3.8, 4) is 0 Å². The van der Waals surface area contributed by atoms with Crippen LogP contribution < -0.4 is 5.32 Å². The van der Waals surface area contributed by atoms with Gasteiger partial charge in [-0.3, -0.25) is 4.79 Å². The summed E-state index contributed by atoms with van der Waals surface area (Å²) in [7, 11) is -3.41. The maximum atomic E-state index is 12.6. The highest BCUT2D eigenvalue weighted by Gasteiger charge is 2.34. The van der Waals surface area contributed by atoms with Crippen molar-refractivity contribution in [2.45, 2.75) is 49.2 Å². The fraction of sp³-hybridized carbons (Fsp3) is 0.421. The number of nitrogens with zero attached hydrogens (tertiary/aromatic N) is 3. The Kier molecular flexibility index (Phi) is 6.36. The number of nitrogens with one attached hydrogen (secondary N) is 1. The first-order chi connectivity index (χ1) is 13.2. The minimum atomic E-state index is -3.41. The number of benzene rings is 1. The van der Waals surface area contributed by atoms with Crippen molar-refractivity contribution in [1.82, 2.24) is 14.3 Å². The Morgan fingerprint density at radius 2 is 1.79 bits per heavy atom. The first-order valence-corrected chi connectivity index (χ1v) is 11.8. The number of hydrogen-bond acceptors (Lipinski definition) is 6. The number of hydrogen-bond donors (Lipinski definition) is 1. The van der Waals surface area contributed by atoms with Crippen molar-refractivity contribution in [2.24, 2.45) is 0 Å². The molecule has 0 radical (unpaired) electrons. The molecule has 3 rings (SSSR count). The maximum absolute atomic E-state index is 12.6. The number of rotatable bonds is 5. The van der Waals surface area contributed by atoms with Crippen LogP contribution in [0.25, 0.3) is 0 Å². The number of aryl methyl sites for hydroxylation is 2. The molecule has 0 aliphatic carbocycles. The summed E-state index contributed by atoms with van der Waals surface area (Å²) in [6, 6.07) is 8.65. The Morgan fingerprint density at radius 1 is 1.14 bits per heavy atom. The summed E-state index contributed by atoms with van der Waals surface area (Å²) in [5.41, 5.74) is 2.47. The van der Waals surface area contributed by atoms with Crippen LogP contribution in [0.1, 0.15) is 30.7 Å². The molecule has 1 atom stereocenters. The van der Waals surface area contributed by atoms with Crippen molar-refractivity contribution in [3.05, 3.63) is 41.7 Å². The van der Waals surface area contributed by atoms with Crippen LogP contribution in [0.4, 0.5) is 5.69 Å². The fourth-order valence-corrected chi connectivity index (χ4v) is 5.23. The van der Waals surface area contributed by atoms with Gasteiger partial charge in [-0.05, 0) is 68.8 Å². The van der Waals surface area contributed by atoms with Gasteiger partial charge in [-0.1, -0.05) is 6.42 Å². The smallest absolute Gasteiger partial charge is 0.242 e. The number of carbonyl (C=O) groups is 1. The molecule has 1 aromatic carbocycles. The molecule has 1 fully saturated rings. The van der Waals surface area contributed by atoms with Crippen LogP contribution in [0, 0.1) is 13.8 Å². The van der Waals surface area contributed by atoms with Crippen LogP contribution in [0.15, 0.2) is 40.4 Å². The Labute approximate surface area is 170 Å². The van der Waals surface area contributed by atoms with Crippen LogP contribution in [0.2, 0.25) is 0 Å². The lowest BCUT2D eigenvalue weighted by Crippen LogP contribution is -2.49. The summed E-state index contributed by atoms with van der Waals surface area (Å²) >= 11 is 1.45. The molecule has 2 aromatic rings. The summed E-state index contributed by atoms with van der Waals surface area (Å²) in [4.78, 5) is 22.4. The third-order valence-electron chi connectivity index (χ3n) is 4.48. The van der Waals surface area contributed by atoms with E-state index >= 15 is 0 Å². The molecule has 1 amide bonds. The van der Waals surface area contributed by atoms with E-state index in [1.807, 2.05) is 32.0 Å². The van der Waals surface area contributed by atoms with E-state index in [-0.39, 0.29) is 5.91 Å². The second-order valence-corrected chi connectivity index (χ2v) is 9.91. The van der Waals surface area contributed by atoms with Gasteiger partial charge in [-0.25, -0.2) is 18.4 Å². The van der Waals surface area contributed by atoms with E-state index in [0.29, 0.717) is 23.8 Å². The van der Waals surface area contributed by atoms with Crippen molar-refractivity contribution in [1.29, 1.82) is 0 Å². The van der Waals surface area contributed by atoms with E-state index < -0.39 is 16.1 Å². The third kappa shape index (κ3) is 5.30. The Morgan fingerprint density at radius 3 is 2.39 bits per heavy atom. The molecule has 1 aliphatic rings. The summed E-state index contributed by atoms with van der Waals surface area (Å²) in [6.45, 7) is 4.26. The molecule has 1 aromatic heterocycles. The van der Waals surface area contributed by atoms with Gasteiger partial charge in [0.25, 0.3) is 0 Å². The van der Waals surface area contributed by atoms with Crippen molar-refractivity contribution in [2.75, 3.05) is 18.1 Å². The predicted octanol–water partition coefficient (Wildman–Crippen LogP) is 3.00. The van der Waals surface area contributed by atoms with Gasteiger partial charge < -0.3 is 5.32 Å². The van der Waals surface area contributed by atoms with E-state index in [0.717, 1.165) is 35.4 Å². The lowest BCUT2D eigenvalue weighted by molar-refractivity contribution is -0.120. The number of anilines is 1. The van der Waals surface area contributed by atoms with Gasteiger partial charge >= 0.3 is 0 Å². The molecular formula is C19H24N4O3S2. The molecule has 0 saturated carbocycles. The molecule has 0 bridgehead atoms. The summed E-state index contributed by atoms with van der Waals surface area (Å²) in [5.74, 6) is -0.289. The van der Waals surface area contributed by atoms with E-state index in [4.69, 9.17) is 0 Å². The fourth-order valence-electron chi connectivity index (χ4n) is 3.24. The first-order valence-electron chi connectivity index (χ1n) is 9.10. The standard InChI is InChI=1S/C19H24N4O3S2/c1-13-12-14(2)21-19(20-13)27-16-9-7-15(8-10-16)22-18(24)17-6-4-5-11-23(17)28(3,25)26/h7-10,12,17H,4-6,11H2,1-3H3,(H,22,24)/t17-/m0/s1. The predicted molar refractivity (Wildman–Crippen MR) is 110 cm³/mol. The molecule has 1 aliphatic heterocycles. The van der Waals surface area contributed by atoms with Crippen molar-refractivity contribution < 1.29 is 13.2 Å². The monoisotopic (exact) mass is 420 g/mol. The minimum Gasteiger partial charge on any atom is -0.325 e. The molecule has 1 saturated heterocycles. The normalized spacial score (nSPS) is 18.0. The number of aromatic nitrogens is 2. The summed E-state index contributed by atoms with van der Waals surface area (Å²) in [6.07, 6.45) is 3.31. The molecule has 9 heteroatoms. The van der Waals surface area contributed by atoms with Gasteiger partial charge in [0.15, 0.2) is 5.16 Å². The second kappa shape index (κ2) is 8.59. The number of sulfonamides is 1. The molecule has 150 valence electrons. The molecule has 0 unspecified atom stereocenters. The van der Waals surface area contributed by atoms with Gasteiger partial charge in [-0.2, -0.15) is 4.31 Å². The van der Waals surface area contributed by atoms with Gasteiger partial charge in [-0.15, -0.1) is 0 Å². The molecular weight excluding hydrogens is 396 g/mol. The van der Waals surface area contributed by atoms with E-state index in [2.05, 4.69) is 15.3 Å². The van der Waals surface area contributed by atoms with Gasteiger partial charge in [0.2, 0.25) is 15.9 Å². The quantitative estimate of drug-likeness (QED) is 0.748. The topological polar surface area (TPSA) is 92.3 Å². The zero-order chi connectivity index (χ0) is 20.3. The van der Waals surface area contributed by atoms with E-state index in [9.17, 15) is 13.2 Å². The highest BCUT2D eigenvalue weighted by atomic mass is 32.2. The molecule has 2 heterocycles. The SMILES string of the molecule is Cc1cc(C)nc(Sc2ccc(NC(=O)[C@@H]3CCCCN3S(C)(=O)=O)cc2)n1. The largest absolute Gasteiger partial charge is 0.325 e. The highest BCUT2D eigenvalue weighted by Crippen LogP contribution is 2.27. The minimum absolute atomic E-state index is 0.289. The Balaban J connectivity index is 1.67. The van der Waals surface area contributed by atoms with Gasteiger partial charge in [0, 0.05) is 28.5 Å². The highest BCUT2D eigenvalue weighted by molar-refractivity contribution is 7.99. The van der Waals surface area contributed by atoms with Crippen LogP contribution in [-0.4, -0.2) is 47.4 Å². The lowest BCUT2D eigenvalue weighted by Gasteiger charge is -2.32. The average Bonchev–Trinajstić information content (AvgIpc) is 2.62. The first kappa shape index (κ1) is 20.8. The van der Waals surface area contributed by atoms with Crippen LogP contribution >= 0.6 is 11.8 Å². The van der Waals surface area contributed by atoms with Crippen LogP contribution in [0.5, 0.6) is 0 Å². The Bertz CT molecular complexity index is 941. The third-order valence-corrected chi connectivity index (χ3v) is 6.64. The maximum Gasteiger partial charge on any atom is 0.242 e. The van der Waals surface area contributed by atoms with Crippen molar-refractivity contribution >= 4 is 33.4 Å². The van der Waals surface area contributed by atoms with Gasteiger partial charge in [0.1, 0.15) is 6.04 Å². The Hall–Kier alpha value is -1.97. The van der Waals surface area contributed by atoms with Crippen LogP contribution in [-0.2, 0) is 14.8 Å². The summed E-state index contributed by atoms with van der Waals surface area (Å²) < 4.78 is 25.2. The number of carbonyl (C=O) groups excluding carboxylic acids is 1. The lowest BCUT2D eigenvalue weighted by atomic mass is 10.0. The zero-order valence-electron chi connectivity index (χ0n) is 16.2.